The summed E-state index contributed by atoms with van der Waals surface area (Å²) in [7, 11) is 2.08. The maximum atomic E-state index is 12.4. The monoisotopic (exact) mass is 330 g/mol. The average Bonchev–Trinajstić information content (AvgIpc) is 2.90. The van der Waals surface area contributed by atoms with Gasteiger partial charge >= 0.3 is 5.97 Å². The number of piperazine rings is 1. The van der Waals surface area contributed by atoms with Gasteiger partial charge < -0.3 is 15.0 Å². The summed E-state index contributed by atoms with van der Waals surface area (Å²) in [6, 6.07) is 7.29. The Balaban J connectivity index is 1.66. The fraction of sp³-hybridized carbons (Fsp3) is 0.471. The van der Waals surface area contributed by atoms with Crippen LogP contribution in [0, 0.1) is 5.41 Å². The number of esters is 1. The molecule has 1 aromatic carbocycles. The van der Waals surface area contributed by atoms with Gasteiger partial charge in [-0.3, -0.25) is 15.1 Å². The summed E-state index contributed by atoms with van der Waals surface area (Å²) in [5, 5.41) is 10.8. The van der Waals surface area contributed by atoms with Crippen molar-refractivity contribution in [3.05, 3.63) is 29.8 Å². The van der Waals surface area contributed by atoms with E-state index < -0.39 is 11.9 Å². The summed E-state index contributed by atoms with van der Waals surface area (Å²) < 4.78 is 4.93. The summed E-state index contributed by atoms with van der Waals surface area (Å²) in [6.07, 6.45) is 0. The van der Waals surface area contributed by atoms with Gasteiger partial charge in [0.15, 0.2) is 0 Å². The molecule has 7 heteroatoms. The number of cyclic esters (lactones) is 1. The molecular weight excluding hydrogens is 308 g/mol. The molecular formula is C17H22N4O3. The molecule has 1 unspecified atom stereocenters. The molecule has 0 aromatic heterocycles. The van der Waals surface area contributed by atoms with Crippen LogP contribution in [0.25, 0.3) is 0 Å². The Labute approximate surface area is 141 Å². The molecule has 2 N–H and O–H groups in total. The number of carbonyl (C=O) groups is 2. The SMILES string of the molecule is CN1CCN(CC(=O)Nc2ccccc2C2COC(=O)C2=N)CC1. The summed E-state index contributed by atoms with van der Waals surface area (Å²) in [5.74, 6) is -1.08. The quantitative estimate of drug-likeness (QED) is 0.787. The van der Waals surface area contributed by atoms with Gasteiger partial charge in [0, 0.05) is 31.9 Å². The van der Waals surface area contributed by atoms with Gasteiger partial charge in [0.05, 0.1) is 12.5 Å². The summed E-state index contributed by atoms with van der Waals surface area (Å²) >= 11 is 0. The Morgan fingerprint density at radius 2 is 2.00 bits per heavy atom. The van der Waals surface area contributed by atoms with Crippen molar-refractivity contribution in [2.45, 2.75) is 5.92 Å². The highest BCUT2D eigenvalue weighted by atomic mass is 16.5. The van der Waals surface area contributed by atoms with Crippen LogP contribution >= 0.6 is 0 Å². The van der Waals surface area contributed by atoms with Crippen LogP contribution in [0.4, 0.5) is 5.69 Å². The van der Waals surface area contributed by atoms with Gasteiger partial charge in [-0.25, -0.2) is 4.79 Å². The van der Waals surface area contributed by atoms with E-state index in [-0.39, 0.29) is 18.2 Å². The smallest absolute Gasteiger partial charge is 0.352 e. The molecule has 2 heterocycles. The minimum absolute atomic E-state index is 0.0595. The molecule has 0 bridgehead atoms. The number of hydrogen-bond acceptors (Lipinski definition) is 6. The van der Waals surface area contributed by atoms with Gasteiger partial charge in [-0.1, -0.05) is 18.2 Å². The van der Waals surface area contributed by atoms with E-state index in [0.29, 0.717) is 12.2 Å². The Hall–Kier alpha value is -2.25. The first-order valence-corrected chi connectivity index (χ1v) is 8.10. The number of anilines is 1. The van der Waals surface area contributed by atoms with Gasteiger partial charge in [0.1, 0.15) is 12.3 Å². The van der Waals surface area contributed by atoms with Gasteiger partial charge in [0.25, 0.3) is 0 Å². The third-order valence-electron chi connectivity index (χ3n) is 4.52. The predicted octanol–water partition coefficient (Wildman–Crippen LogP) is 0.533. The second-order valence-electron chi connectivity index (χ2n) is 6.28. The fourth-order valence-corrected chi connectivity index (χ4v) is 3.02. The third-order valence-corrected chi connectivity index (χ3v) is 4.52. The second-order valence-corrected chi connectivity index (χ2v) is 6.28. The zero-order chi connectivity index (χ0) is 17.1. The van der Waals surface area contributed by atoms with Crippen LogP contribution in [-0.2, 0) is 14.3 Å². The predicted molar refractivity (Wildman–Crippen MR) is 90.4 cm³/mol. The van der Waals surface area contributed by atoms with E-state index in [0.717, 1.165) is 31.7 Å². The molecule has 1 atom stereocenters. The molecule has 128 valence electrons. The van der Waals surface area contributed by atoms with Crippen LogP contribution in [0.2, 0.25) is 0 Å². The normalized spacial score (nSPS) is 22.5. The molecule has 2 aliphatic heterocycles. The zero-order valence-corrected chi connectivity index (χ0v) is 13.7. The molecule has 2 saturated heterocycles. The van der Waals surface area contributed by atoms with E-state index in [1.54, 1.807) is 6.07 Å². The van der Waals surface area contributed by atoms with Crippen molar-refractivity contribution in [3.63, 3.8) is 0 Å². The first-order chi connectivity index (χ1) is 11.5. The molecule has 0 saturated carbocycles. The average molecular weight is 330 g/mol. The Bertz CT molecular complexity index is 653. The highest BCUT2D eigenvalue weighted by Crippen LogP contribution is 2.29. The minimum atomic E-state index is -0.585. The van der Waals surface area contributed by atoms with E-state index in [1.807, 2.05) is 18.2 Å². The lowest BCUT2D eigenvalue weighted by Gasteiger charge is -2.31. The van der Waals surface area contributed by atoms with Gasteiger partial charge in [0.2, 0.25) is 5.91 Å². The van der Waals surface area contributed by atoms with Crippen molar-refractivity contribution in [1.29, 1.82) is 5.41 Å². The van der Waals surface area contributed by atoms with E-state index in [1.165, 1.54) is 0 Å². The Kier molecular flexibility index (Phi) is 4.92. The van der Waals surface area contributed by atoms with Gasteiger partial charge in [-0.2, -0.15) is 0 Å². The maximum absolute atomic E-state index is 12.4. The molecule has 0 aliphatic carbocycles. The van der Waals surface area contributed by atoms with Crippen LogP contribution < -0.4 is 5.32 Å². The second kappa shape index (κ2) is 7.11. The summed E-state index contributed by atoms with van der Waals surface area (Å²) in [6.45, 7) is 4.18. The lowest BCUT2D eigenvalue weighted by atomic mass is 9.95. The fourth-order valence-electron chi connectivity index (χ4n) is 3.02. The van der Waals surface area contributed by atoms with Crippen LogP contribution in [0.15, 0.2) is 24.3 Å². The highest BCUT2D eigenvalue weighted by molar-refractivity contribution is 6.39. The molecule has 0 radical (unpaired) electrons. The largest absolute Gasteiger partial charge is 0.460 e. The molecule has 24 heavy (non-hydrogen) atoms. The summed E-state index contributed by atoms with van der Waals surface area (Å²) in [5.41, 5.74) is 1.33. The summed E-state index contributed by atoms with van der Waals surface area (Å²) in [4.78, 5) is 28.2. The number of nitrogens with zero attached hydrogens (tertiary/aromatic N) is 2. The maximum Gasteiger partial charge on any atom is 0.352 e. The number of rotatable bonds is 4. The van der Waals surface area contributed by atoms with E-state index in [9.17, 15) is 9.59 Å². The first kappa shape index (κ1) is 16.6. The van der Waals surface area contributed by atoms with E-state index in [4.69, 9.17) is 10.1 Å². The lowest BCUT2D eigenvalue weighted by molar-refractivity contribution is -0.132. The molecule has 1 aromatic rings. The highest BCUT2D eigenvalue weighted by Gasteiger charge is 2.33. The van der Waals surface area contributed by atoms with E-state index >= 15 is 0 Å². The van der Waals surface area contributed by atoms with Crippen molar-refractivity contribution >= 4 is 23.3 Å². The molecule has 1 amide bonds. The number of para-hydroxylation sites is 1. The van der Waals surface area contributed by atoms with Crippen molar-refractivity contribution in [1.82, 2.24) is 9.80 Å². The molecule has 0 spiro atoms. The van der Waals surface area contributed by atoms with Crippen LogP contribution in [-0.4, -0.2) is 73.8 Å². The number of nitrogens with one attached hydrogen (secondary N) is 2. The topological polar surface area (TPSA) is 85.7 Å². The number of ether oxygens (including phenoxy) is 1. The van der Waals surface area contributed by atoms with Crippen molar-refractivity contribution in [3.8, 4) is 0 Å². The van der Waals surface area contributed by atoms with Crippen LogP contribution in [0.1, 0.15) is 11.5 Å². The number of amides is 1. The lowest BCUT2D eigenvalue weighted by Crippen LogP contribution is -2.47. The number of hydrogen-bond donors (Lipinski definition) is 2. The number of carbonyl (C=O) groups excluding carboxylic acids is 2. The van der Waals surface area contributed by atoms with E-state index in [2.05, 4.69) is 22.2 Å². The number of likely N-dealkylation sites (N-methyl/N-ethyl adjacent to an activating group) is 1. The molecule has 7 nitrogen and oxygen atoms in total. The van der Waals surface area contributed by atoms with Crippen molar-refractivity contribution < 1.29 is 14.3 Å². The van der Waals surface area contributed by atoms with Crippen molar-refractivity contribution in [2.75, 3.05) is 51.7 Å². The molecule has 2 aliphatic rings. The zero-order valence-electron chi connectivity index (χ0n) is 13.7. The Morgan fingerprint density at radius 3 is 2.67 bits per heavy atom. The Morgan fingerprint density at radius 1 is 1.29 bits per heavy atom. The van der Waals surface area contributed by atoms with Crippen LogP contribution in [0.3, 0.4) is 0 Å². The first-order valence-electron chi connectivity index (χ1n) is 8.10. The van der Waals surface area contributed by atoms with Crippen LogP contribution in [0.5, 0.6) is 0 Å². The number of benzene rings is 1. The minimum Gasteiger partial charge on any atom is -0.460 e. The standard InChI is InChI=1S/C17H22N4O3/c1-20-6-8-21(9-7-20)10-15(22)19-14-5-3-2-4-12(14)13-11-24-17(23)16(13)18/h2-5,13,18H,6-11H2,1H3,(H,19,22). The van der Waals surface area contributed by atoms with Gasteiger partial charge in [-0.05, 0) is 18.7 Å². The molecule has 2 fully saturated rings. The molecule has 3 rings (SSSR count). The van der Waals surface area contributed by atoms with Crippen molar-refractivity contribution in [2.24, 2.45) is 0 Å². The van der Waals surface area contributed by atoms with Gasteiger partial charge in [-0.15, -0.1) is 0 Å². The third kappa shape index (κ3) is 3.63.